The van der Waals surface area contributed by atoms with Crippen molar-refractivity contribution in [2.75, 3.05) is 26.4 Å². The Hall–Kier alpha value is -0.990. The lowest BCUT2D eigenvalue weighted by atomic mass is 10.0. The van der Waals surface area contributed by atoms with Gasteiger partial charge in [-0.2, -0.15) is 0 Å². The van der Waals surface area contributed by atoms with Gasteiger partial charge in [0.1, 0.15) is 6.61 Å². The first kappa shape index (κ1) is 42.0. The van der Waals surface area contributed by atoms with Crippen LogP contribution in [0, 0.1) is 0 Å². The van der Waals surface area contributed by atoms with E-state index in [2.05, 4.69) is 13.8 Å². The molecule has 0 rings (SSSR count). The van der Waals surface area contributed by atoms with E-state index >= 15 is 0 Å². The predicted octanol–water partition coefficient (Wildman–Crippen LogP) is 8.94. The van der Waals surface area contributed by atoms with Crippen LogP contribution in [0.2, 0.25) is 0 Å². The number of nitrogens with two attached hydrogens (primary N) is 1. The Morgan fingerprint density at radius 2 is 1.00 bits per heavy atom. The van der Waals surface area contributed by atoms with Gasteiger partial charge in [0, 0.05) is 19.4 Å². The van der Waals surface area contributed by atoms with Gasteiger partial charge in [0.25, 0.3) is 0 Å². The first-order valence-electron chi connectivity index (χ1n) is 17.5. The van der Waals surface area contributed by atoms with Crippen LogP contribution in [0.25, 0.3) is 0 Å². The van der Waals surface area contributed by atoms with E-state index < -0.39 is 32.5 Å². The van der Waals surface area contributed by atoms with Crippen molar-refractivity contribution in [3.8, 4) is 0 Å². The normalized spacial score (nSPS) is 13.5. The fourth-order valence-electron chi connectivity index (χ4n) is 4.87. The van der Waals surface area contributed by atoms with Crippen molar-refractivity contribution in [1.82, 2.24) is 0 Å². The Kier molecular flexibility index (Phi) is 30.3. The number of hydrogen-bond acceptors (Lipinski definition) is 8. The molecule has 0 saturated carbocycles. The molecule has 256 valence electrons. The van der Waals surface area contributed by atoms with Crippen LogP contribution < -0.4 is 5.73 Å². The van der Waals surface area contributed by atoms with E-state index in [1.54, 1.807) is 0 Å². The average molecular weight is 636 g/mol. The topological polar surface area (TPSA) is 134 Å². The highest BCUT2D eigenvalue weighted by atomic mass is 31.2. The standard InChI is InChI=1S/C33H66NO8P/c1-3-5-7-9-10-11-12-13-14-15-16-17-18-19-20-21-22-24-26-33(36)42-31(30-41-43(37,38)40-28-27-34)29-39-32(35)25-23-8-6-4-2/h31H,3-30,34H2,1-2H3,(H,37,38). The van der Waals surface area contributed by atoms with Crippen molar-refractivity contribution in [3.63, 3.8) is 0 Å². The van der Waals surface area contributed by atoms with Crippen LogP contribution in [-0.4, -0.2) is 49.3 Å². The van der Waals surface area contributed by atoms with Crippen molar-refractivity contribution in [1.29, 1.82) is 0 Å². The van der Waals surface area contributed by atoms with Crippen molar-refractivity contribution >= 4 is 19.8 Å². The van der Waals surface area contributed by atoms with Gasteiger partial charge in [0.05, 0.1) is 13.2 Å². The Balaban J connectivity index is 4.01. The van der Waals surface area contributed by atoms with Crippen LogP contribution in [0.4, 0.5) is 0 Å². The minimum absolute atomic E-state index is 0.0569. The van der Waals surface area contributed by atoms with Crippen molar-refractivity contribution in [3.05, 3.63) is 0 Å². The quantitative estimate of drug-likeness (QED) is 0.0411. The van der Waals surface area contributed by atoms with Crippen LogP contribution in [0.5, 0.6) is 0 Å². The monoisotopic (exact) mass is 635 g/mol. The van der Waals surface area contributed by atoms with E-state index in [0.29, 0.717) is 6.42 Å². The van der Waals surface area contributed by atoms with Gasteiger partial charge in [0.2, 0.25) is 0 Å². The molecule has 0 aliphatic carbocycles. The smallest absolute Gasteiger partial charge is 0.462 e. The lowest BCUT2D eigenvalue weighted by Crippen LogP contribution is -2.29. The van der Waals surface area contributed by atoms with Crippen molar-refractivity contribution in [2.45, 2.75) is 174 Å². The third-order valence-corrected chi connectivity index (χ3v) is 8.48. The summed E-state index contributed by atoms with van der Waals surface area (Å²) in [6.07, 6.45) is 26.3. The second-order valence-electron chi connectivity index (χ2n) is 11.8. The molecule has 0 saturated heterocycles. The molecule has 2 unspecified atom stereocenters. The fourth-order valence-corrected chi connectivity index (χ4v) is 5.63. The number of phosphoric ester groups is 1. The average Bonchev–Trinajstić information content (AvgIpc) is 2.99. The molecule has 0 aliphatic heterocycles. The van der Waals surface area contributed by atoms with E-state index in [0.717, 1.165) is 38.5 Å². The third-order valence-electron chi connectivity index (χ3n) is 7.49. The van der Waals surface area contributed by atoms with Crippen LogP contribution in [0.3, 0.4) is 0 Å². The fraction of sp³-hybridized carbons (Fsp3) is 0.939. The molecule has 0 heterocycles. The number of esters is 2. The number of carbonyl (C=O) groups excluding carboxylic acids is 2. The summed E-state index contributed by atoms with van der Waals surface area (Å²) in [6, 6.07) is 0. The maximum Gasteiger partial charge on any atom is 0.472 e. The van der Waals surface area contributed by atoms with Gasteiger partial charge in [-0.1, -0.05) is 142 Å². The van der Waals surface area contributed by atoms with E-state index in [1.165, 1.54) is 96.3 Å². The Bertz CT molecular complexity index is 694. The summed E-state index contributed by atoms with van der Waals surface area (Å²) in [7, 11) is -4.35. The Labute approximate surface area is 263 Å². The summed E-state index contributed by atoms with van der Waals surface area (Å²) >= 11 is 0. The number of ether oxygens (including phenoxy) is 2. The van der Waals surface area contributed by atoms with Crippen molar-refractivity contribution in [2.24, 2.45) is 5.73 Å². The molecular weight excluding hydrogens is 569 g/mol. The van der Waals surface area contributed by atoms with E-state index in [-0.39, 0.29) is 32.6 Å². The van der Waals surface area contributed by atoms with Gasteiger partial charge in [0.15, 0.2) is 6.10 Å². The maximum atomic E-state index is 12.4. The van der Waals surface area contributed by atoms with Crippen LogP contribution in [0.15, 0.2) is 0 Å². The SMILES string of the molecule is CCCCCCCCCCCCCCCCCCCCC(=O)OC(COC(=O)CCCCCC)COP(=O)(O)OCCN. The van der Waals surface area contributed by atoms with E-state index in [1.807, 2.05) is 0 Å². The first-order valence-corrected chi connectivity index (χ1v) is 19.0. The first-order chi connectivity index (χ1) is 20.8. The second-order valence-corrected chi connectivity index (χ2v) is 13.2. The zero-order valence-electron chi connectivity index (χ0n) is 27.7. The van der Waals surface area contributed by atoms with Crippen LogP contribution in [0.1, 0.15) is 168 Å². The van der Waals surface area contributed by atoms with Crippen LogP contribution in [-0.2, 0) is 32.7 Å². The highest BCUT2D eigenvalue weighted by molar-refractivity contribution is 7.47. The second kappa shape index (κ2) is 31.0. The number of phosphoric acid groups is 1. The number of rotatable bonds is 33. The minimum Gasteiger partial charge on any atom is -0.462 e. The highest BCUT2D eigenvalue weighted by Crippen LogP contribution is 2.43. The van der Waals surface area contributed by atoms with Crippen molar-refractivity contribution < 1.29 is 37.6 Å². The highest BCUT2D eigenvalue weighted by Gasteiger charge is 2.25. The van der Waals surface area contributed by atoms with E-state index in [9.17, 15) is 19.0 Å². The molecule has 43 heavy (non-hydrogen) atoms. The molecule has 0 spiro atoms. The minimum atomic E-state index is -4.35. The lowest BCUT2D eigenvalue weighted by Gasteiger charge is -2.19. The molecule has 0 aromatic carbocycles. The molecule has 9 nitrogen and oxygen atoms in total. The summed E-state index contributed by atoms with van der Waals surface area (Å²) in [4.78, 5) is 34.2. The van der Waals surface area contributed by atoms with Gasteiger partial charge in [-0.3, -0.25) is 18.6 Å². The third kappa shape index (κ3) is 30.8. The molecule has 0 aliphatic rings. The zero-order valence-corrected chi connectivity index (χ0v) is 28.6. The van der Waals surface area contributed by atoms with Gasteiger partial charge >= 0.3 is 19.8 Å². The number of carbonyl (C=O) groups is 2. The van der Waals surface area contributed by atoms with E-state index in [4.69, 9.17) is 24.3 Å². The van der Waals surface area contributed by atoms with Crippen LogP contribution >= 0.6 is 7.82 Å². The molecule has 0 bridgehead atoms. The molecular formula is C33H66NO8P. The summed E-state index contributed by atoms with van der Waals surface area (Å²) in [5.74, 6) is -0.841. The van der Waals surface area contributed by atoms with Gasteiger partial charge in [-0.05, 0) is 12.8 Å². The Morgan fingerprint density at radius 1 is 0.605 bits per heavy atom. The largest absolute Gasteiger partial charge is 0.472 e. The lowest BCUT2D eigenvalue weighted by molar-refractivity contribution is -0.161. The molecule has 0 radical (unpaired) electrons. The molecule has 10 heteroatoms. The van der Waals surface area contributed by atoms with Gasteiger partial charge in [-0.25, -0.2) is 4.57 Å². The Morgan fingerprint density at radius 3 is 1.44 bits per heavy atom. The zero-order chi connectivity index (χ0) is 31.9. The summed E-state index contributed by atoms with van der Waals surface area (Å²) in [6.45, 7) is 3.60. The molecule has 2 atom stereocenters. The predicted molar refractivity (Wildman–Crippen MR) is 174 cm³/mol. The number of unbranched alkanes of at least 4 members (excludes halogenated alkanes) is 20. The molecule has 0 fully saturated rings. The molecule has 3 N–H and O–H groups in total. The molecule has 0 amide bonds. The molecule has 0 aromatic heterocycles. The van der Waals surface area contributed by atoms with Gasteiger partial charge in [-0.15, -0.1) is 0 Å². The van der Waals surface area contributed by atoms with Gasteiger partial charge < -0.3 is 20.1 Å². The summed E-state index contributed by atoms with van der Waals surface area (Å²) < 4.78 is 32.3. The summed E-state index contributed by atoms with van der Waals surface area (Å²) in [5.41, 5.74) is 5.30. The number of hydrogen-bond donors (Lipinski definition) is 2. The summed E-state index contributed by atoms with van der Waals surface area (Å²) in [5, 5.41) is 0. The molecule has 0 aromatic rings. The maximum absolute atomic E-state index is 12.4.